The maximum Gasteiger partial charge on any atom is 0.321 e. The molecular formula is C27H26N4O5S. The van der Waals surface area contributed by atoms with Crippen LogP contribution in [0.25, 0.3) is 22.2 Å². The maximum absolute atomic E-state index is 14.0. The first kappa shape index (κ1) is 24.7. The van der Waals surface area contributed by atoms with Gasteiger partial charge in [-0.05, 0) is 18.2 Å². The lowest BCUT2D eigenvalue weighted by atomic mass is 10.0. The summed E-state index contributed by atoms with van der Waals surface area (Å²) >= 11 is 0. The second-order valence-electron chi connectivity index (χ2n) is 8.31. The quantitative estimate of drug-likeness (QED) is 0.375. The molecule has 1 aliphatic rings. The lowest BCUT2D eigenvalue weighted by molar-refractivity contribution is 0.0726. The number of benzene rings is 3. The Hall–Kier alpha value is -3.99. The standard InChI is InChI=1S/C27H26N4O5S/c1-35-26-24(22-14-8-9-15-23(22)28-25(26)20-10-4-2-5-11-20)27(32)29-31(21-12-6-3-7-13-21)37(33,34)30-16-18-36-19-17-30/h2-15H,16-19H2,1H3,(H,29,32). The van der Waals surface area contributed by atoms with E-state index in [0.29, 0.717) is 22.3 Å². The van der Waals surface area contributed by atoms with E-state index in [-0.39, 0.29) is 37.6 Å². The molecule has 1 N–H and O–H groups in total. The van der Waals surface area contributed by atoms with E-state index in [4.69, 9.17) is 14.5 Å². The predicted octanol–water partition coefficient (Wildman–Crippen LogP) is 3.64. The Morgan fingerprint density at radius 3 is 2.24 bits per heavy atom. The molecule has 3 aromatic carbocycles. The van der Waals surface area contributed by atoms with E-state index in [1.807, 2.05) is 36.4 Å². The predicted molar refractivity (Wildman–Crippen MR) is 141 cm³/mol. The van der Waals surface area contributed by atoms with Gasteiger partial charge in [0.2, 0.25) is 0 Å². The maximum atomic E-state index is 14.0. The van der Waals surface area contributed by atoms with Crippen LogP contribution in [0, 0.1) is 0 Å². The molecule has 5 rings (SSSR count). The fourth-order valence-electron chi connectivity index (χ4n) is 4.27. The Morgan fingerprint density at radius 2 is 1.57 bits per heavy atom. The van der Waals surface area contributed by atoms with E-state index in [1.165, 1.54) is 11.4 Å². The van der Waals surface area contributed by atoms with Crippen LogP contribution in [0.1, 0.15) is 10.4 Å². The first-order valence-corrected chi connectivity index (χ1v) is 13.2. The van der Waals surface area contributed by atoms with Crippen LogP contribution >= 0.6 is 0 Å². The van der Waals surface area contributed by atoms with Gasteiger partial charge in [-0.2, -0.15) is 17.1 Å². The van der Waals surface area contributed by atoms with Crippen molar-refractivity contribution in [3.63, 3.8) is 0 Å². The van der Waals surface area contributed by atoms with Crippen LogP contribution in [0.2, 0.25) is 0 Å². The Labute approximate surface area is 215 Å². The zero-order valence-corrected chi connectivity index (χ0v) is 21.0. The van der Waals surface area contributed by atoms with E-state index >= 15 is 0 Å². The second kappa shape index (κ2) is 10.6. The summed E-state index contributed by atoms with van der Waals surface area (Å²) in [6, 6.07) is 25.0. The van der Waals surface area contributed by atoms with Gasteiger partial charge in [-0.25, -0.2) is 10.4 Å². The number of fused-ring (bicyclic) bond motifs is 1. The van der Waals surface area contributed by atoms with Gasteiger partial charge in [-0.15, -0.1) is 0 Å². The van der Waals surface area contributed by atoms with E-state index in [2.05, 4.69) is 5.43 Å². The molecule has 1 saturated heterocycles. The summed E-state index contributed by atoms with van der Waals surface area (Å²) < 4.78 is 40.7. The highest BCUT2D eigenvalue weighted by Gasteiger charge is 2.34. The minimum absolute atomic E-state index is 0.182. The molecule has 10 heteroatoms. The Bertz CT molecular complexity index is 1510. The largest absolute Gasteiger partial charge is 0.494 e. The van der Waals surface area contributed by atoms with E-state index in [0.717, 1.165) is 9.98 Å². The topological polar surface area (TPSA) is 101 Å². The lowest BCUT2D eigenvalue weighted by Gasteiger charge is -2.33. The third-order valence-corrected chi connectivity index (χ3v) is 7.83. The fourth-order valence-corrected chi connectivity index (χ4v) is 5.70. The molecule has 1 aromatic heterocycles. The lowest BCUT2D eigenvalue weighted by Crippen LogP contribution is -2.55. The Balaban J connectivity index is 1.64. The first-order valence-electron chi connectivity index (χ1n) is 11.8. The molecule has 190 valence electrons. The molecule has 0 unspecified atom stereocenters. The van der Waals surface area contributed by atoms with Crippen molar-refractivity contribution in [2.45, 2.75) is 0 Å². The minimum atomic E-state index is -4.12. The van der Waals surface area contributed by atoms with Crippen LogP contribution in [-0.2, 0) is 14.9 Å². The van der Waals surface area contributed by atoms with Crippen molar-refractivity contribution in [2.24, 2.45) is 0 Å². The molecule has 1 amide bonds. The summed E-state index contributed by atoms with van der Waals surface area (Å²) in [4.78, 5) is 18.7. The van der Waals surface area contributed by atoms with E-state index < -0.39 is 16.1 Å². The van der Waals surface area contributed by atoms with E-state index in [9.17, 15) is 13.2 Å². The van der Waals surface area contributed by atoms with Crippen LogP contribution in [0.5, 0.6) is 5.75 Å². The zero-order chi connectivity index (χ0) is 25.8. The van der Waals surface area contributed by atoms with Crippen LogP contribution < -0.4 is 14.6 Å². The number of carbonyl (C=O) groups excluding carboxylic acids is 1. The van der Waals surface area contributed by atoms with Crippen molar-refractivity contribution in [3.05, 3.63) is 90.5 Å². The molecule has 37 heavy (non-hydrogen) atoms. The van der Waals surface area contributed by atoms with Crippen molar-refractivity contribution >= 4 is 32.7 Å². The minimum Gasteiger partial charge on any atom is -0.494 e. The summed E-state index contributed by atoms with van der Waals surface area (Å²) in [6.45, 7) is 0.917. The molecule has 1 aliphatic heterocycles. The zero-order valence-electron chi connectivity index (χ0n) is 20.2. The number of morpholine rings is 1. The number of hydrogen-bond donors (Lipinski definition) is 1. The van der Waals surface area contributed by atoms with Crippen molar-refractivity contribution in [1.82, 2.24) is 14.7 Å². The molecular weight excluding hydrogens is 492 g/mol. The van der Waals surface area contributed by atoms with Crippen LogP contribution in [0.15, 0.2) is 84.9 Å². The van der Waals surface area contributed by atoms with Gasteiger partial charge in [-0.3, -0.25) is 4.79 Å². The monoisotopic (exact) mass is 518 g/mol. The molecule has 0 spiro atoms. The summed E-state index contributed by atoms with van der Waals surface area (Å²) in [7, 11) is -2.65. The number of nitrogens with one attached hydrogen (secondary N) is 1. The number of amides is 1. The van der Waals surface area contributed by atoms with Crippen LogP contribution in [-0.4, -0.2) is 57.0 Å². The van der Waals surface area contributed by atoms with Gasteiger partial charge in [-0.1, -0.05) is 66.7 Å². The number of anilines is 1. The van der Waals surface area contributed by atoms with Gasteiger partial charge in [0.1, 0.15) is 5.69 Å². The number of ether oxygens (including phenoxy) is 2. The Morgan fingerprint density at radius 1 is 0.946 bits per heavy atom. The average molecular weight is 519 g/mol. The molecule has 0 saturated carbocycles. The van der Waals surface area contributed by atoms with Crippen molar-refractivity contribution in [1.29, 1.82) is 0 Å². The molecule has 2 heterocycles. The third-order valence-electron chi connectivity index (χ3n) is 6.05. The highest BCUT2D eigenvalue weighted by molar-refractivity contribution is 7.90. The molecule has 0 aliphatic carbocycles. The highest BCUT2D eigenvalue weighted by atomic mass is 32.2. The number of hydrazine groups is 1. The van der Waals surface area contributed by atoms with Gasteiger partial charge in [0.05, 0.1) is 37.1 Å². The molecule has 0 atom stereocenters. The Kier molecular flexibility index (Phi) is 7.04. The smallest absolute Gasteiger partial charge is 0.321 e. The summed E-state index contributed by atoms with van der Waals surface area (Å²) in [5, 5.41) is 0.535. The number of nitrogens with zero attached hydrogens (tertiary/aromatic N) is 3. The van der Waals surface area contributed by atoms with Crippen LogP contribution in [0.4, 0.5) is 5.69 Å². The van der Waals surface area contributed by atoms with Crippen molar-refractivity contribution < 1.29 is 22.7 Å². The first-order chi connectivity index (χ1) is 18.0. The summed E-state index contributed by atoms with van der Waals surface area (Å²) in [5.74, 6) is -0.396. The van der Waals surface area contributed by atoms with Gasteiger partial charge in [0, 0.05) is 24.0 Å². The average Bonchev–Trinajstić information content (AvgIpc) is 2.96. The van der Waals surface area contributed by atoms with Crippen molar-refractivity contribution in [3.8, 4) is 17.0 Å². The number of rotatable bonds is 7. The molecule has 9 nitrogen and oxygen atoms in total. The normalized spacial score (nSPS) is 14.3. The van der Waals surface area contributed by atoms with Crippen molar-refractivity contribution in [2.75, 3.05) is 37.8 Å². The molecule has 1 fully saturated rings. The molecule has 4 aromatic rings. The van der Waals surface area contributed by atoms with E-state index in [1.54, 1.807) is 48.5 Å². The third kappa shape index (κ3) is 4.86. The SMILES string of the molecule is COc1c(-c2ccccc2)nc2ccccc2c1C(=O)NN(c1ccccc1)S(=O)(=O)N1CCOCC1. The van der Waals surface area contributed by atoms with Gasteiger partial charge < -0.3 is 9.47 Å². The van der Waals surface area contributed by atoms with Gasteiger partial charge >= 0.3 is 10.2 Å². The second-order valence-corrected chi connectivity index (χ2v) is 10.1. The fraction of sp³-hybridized carbons (Fsp3) is 0.185. The number of aromatic nitrogens is 1. The molecule has 0 bridgehead atoms. The number of pyridine rings is 1. The van der Waals surface area contributed by atoms with Crippen LogP contribution in [0.3, 0.4) is 0 Å². The highest BCUT2D eigenvalue weighted by Crippen LogP contribution is 2.36. The summed E-state index contributed by atoms with van der Waals surface area (Å²) in [6.07, 6.45) is 0. The number of para-hydroxylation sites is 2. The molecule has 0 radical (unpaired) electrons. The number of hydrogen-bond acceptors (Lipinski definition) is 6. The number of carbonyl (C=O) groups is 1. The summed E-state index contributed by atoms with van der Waals surface area (Å²) in [5.41, 5.74) is 4.95. The van der Waals surface area contributed by atoms with Gasteiger partial charge in [0.25, 0.3) is 5.91 Å². The van der Waals surface area contributed by atoms with Gasteiger partial charge in [0.15, 0.2) is 5.75 Å². The number of methoxy groups -OCH3 is 1.